The molecule has 2 aromatic rings. The number of hydrogen-bond acceptors (Lipinski definition) is 3. The maximum absolute atomic E-state index is 13.6. The van der Waals surface area contributed by atoms with Gasteiger partial charge in [0, 0.05) is 24.1 Å². The third-order valence-electron chi connectivity index (χ3n) is 5.16. The highest BCUT2D eigenvalue weighted by Gasteiger charge is 2.38. The molecule has 2 aromatic carbocycles. The van der Waals surface area contributed by atoms with Gasteiger partial charge in [-0.3, -0.25) is 14.6 Å². The molecule has 1 heterocycles. The van der Waals surface area contributed by atoms with E-state index in [4.69, 9.17) is 39.9 Å². The van der Waals surface area contributed by atoms with Crippen molar-refractivity contribution in [3.8, 4) is 0 Å². The summed E-state index contributed by atoms with van der Waals surface area (Å²) >= 11 is 18.2. The average molecular weight is 508 g/mol. The molecule has 0 saturated carbocycles. The van der Waals surface area contributed by atoms with E-state index in [2.05, 4.69) is 4.99 Å². The predicted octanol–water partition coefficient (Wildman–Crippen LogP) is 5.63. The van der Waals surface area contributed by atoms with Crippen molar-refractivity contribution in [2.24, 2.45) is 4.99 Å². The van der Waals surface area contributed by atoms with Crippen LogP contribution in [0.25, 0.3) is 0 Å². The third kappa shape index (κ3) is 5.03. The van der Waals surface area contributed by atoms with E-state index in [1.54, 1.807) is 12.1 Å². The Kier molecular flexibility index (Phi) is 6.79. The second kappa shape index (κ2) is 8.92. The monoisotopic (exact) mass is 506 g/mol. The van der Waals surface area contributed by atoms with Crippen LogP contribution in [0.15, 0.2) is 35.3 Å². The van der Waals surface area contributed by atoms with Gasteiger partial charge in [0.1, 0.15) is 6.54 Å². The molecule has 1 aliphatic rings. The lowest BCUT2D eigenvalue weighted by atomic mass is 9.79. The number of aliphatic carboxylic acids is 1. The molecule has 1 aliphatic heterocycles. The van der Waals surface area contributed by atoms with E-state index in [-0.39, 0.29) is 20.6 Å². The van der Waals surface area contributed by atoms with Crippen LogP contribution in [0, 0.1) is 0 Å². The first-order valence-electron chi connectivity index (χ1n) is 9.22. The minimum atomic E-state index is -4.83. The smallest absolute Gasteiger partial charge is 0.417 e. The number of rotatable bonds is 5. The summed E-state index contributed by atoms with van der Waals surface area (Å²) in [6.45, 7) is 1.38. The highest BCUT2D eigenvalue weighted by molar-refractivity contribution is 6.48. The summed E-state index contributed by atoms with van der Waals surface area (Å²) in [5, 5.41) is 11.3. The van der Waals surface area contributed by atoms with Gasteiger partial charge in [-0.15, -0.1) is 0 Å². The van der Waals surface area contributed by atoms with Gasteiger partial charge in [0.05, 0.1) is 26.2 Å². The topological polar surface area (TPSA) is 78.8 Å². The van der Waals surface area contributed by atoms with Crippen molar-refractivity contribution in [2.45, 2.75) is 24.9 Å². The number of carbonyl (C=O) groups excluding carboxylic acids is 1. The molecule has 0 aliphatic carbocycles. The Hall–Kier alpha value is -2.29. The summed E-state index contributed by atoms with van der Waals surface area (Å²) in [4.78, 5) is 27.1. The van der Waals surface area contributed by atoms with Gasteiger partial charge in [-0.1, -0.05) is 47.8 Å². The zero-order valence-electron chi connectivity index (χ0n) is 16.5. The fourth-order valence-corrected chi connectivity index (χ4v) is 4.05. The van der Waals surface area contributed by atoms with Gasteiger partial charge in [0.2, 0.25) is 0 Å². The first-order chi connectivity index (χ1) is 14.8. The highest BCUT2D eigenvalue weighted by atomic mass is 35.5. The predicted molar refractivity (Wildman–Crippen MR) is 116 cm³/mol. The lowest BCUT2D eigenvalue weighted by Crippen LogP contribution is -2.31. The Balaban J connectivity index is 1.92. The molecule has 170 valence electrons. The summed E-state index contributed by atoms with van der Waals surface area (Å²) in [6.07, 6.45) is -4.52. The summed E-state index contributed by atoms with van der Waals surface area (Å²) < 4.78 is 40.9. The molecular formula is C21H16Cl3F3N2O3. The molecule has 1 amide bonds. The number of nitrogens with zero attached hydrogens (tertiary/aromatic N) is 1. The molecular weight excluding hydrogens is 492 g/mol. The van der Waals surface area contributed by atoms with Gasteiger partial charge >= 0.3 is 12.1 Å². The first kappa shape index (κ1) is 24.4. The van der Waals surface area contributed by atoms with Crippen LogP contribution in [0.2, 0.25) is 15.1 Å². The molecule has 5 nitrogen and oxygen atoms in total. The zero-order valence-corrected chi connectivity index (χ0v) is 18.8. The van der Waals surface area contributed by atoms with E-state index in [1.165, 1.54) is 6.07 Å². The number of carbonyl (C=O) groups is 2. The van der Waals surface area contributed by atoms with Crippen LogP contribution in [0.5, 0.6) is 0 Å². The molecule has 0 saturated heterocycles. The van der Waals surface area contributed by atoms with Crippen LogP contribution in [0.4, 0.5) is 13.2 Å². The van der Waals surface area contributed by atoms with Crippen molar-refractivity contribution in [3.63, 3.8) is 0 Å². The van der Waals surface area contributed by atoms with Crippen molar-refractivity contribution in [3.05, 3.63) is 67.7 Å². The zero-order chi connectivity index (χ0) is 23.8. The minimum absolute atomic E-state index is 0.210. The number of carboxylic acids is 1. The van der Waals surface area contributed by atoms with Crippen molar-refractivity contribution >= 4 is 52.4 Å². The van der Waals surface area contributed by atoms with Gasteiger partial charge in [0.15, 0.2) is 0 Å². The normalized spacial score (nSPS) is 18.4. The molecule has 2 N–H and O–H groups in total. The molecule has 0 aromatic heterocycles. The van der Waals surface area contributed by atoms with Gasteiger partial charge in [-0.05, 0) is 35.4 Å². The number of nitrogens with one attached hydrogen (secondary N) is 1. The van der Waals surface area contributed by atoms with Crippen LogP contribution in [0.3, 0.4) is 0 Å². The molecule has 32 heavy (non-hydrogen) atoms. The largest absolute Gasteiger partial charge is 0.480 e. The lowest BCUT2D eigenvalue weighted by Gasteiger charge is -2.24. The van der Waals surface area contributed by atoms with E-state index in [0.717, 1.165) is 17.7 Å². The molecule has 0 bridgehead atoms. The van der Waals surface area contributed by atoms with Crippen molar-refractivity contribution in [1.29, 1.82) is 0 Å². The number of alkyl halides is 3. The number of benzene rings is 2. The summed E-state index contributed by atoms with van der Waals surface area (Å²) in [5.74, 6) is -2.50. The Bertz CT molecular complexity index is 1110. The molecule has 0 spiro atoms. The van der Waals surface area contributed by atoms with E-state index < -0.39 is 41.1 Å². The van der Waals surface area contributed by atoms with Crippen molar-refractivity contribution in [2.75, 3.05) is 13.1 Å². The number of carboxylic acid groups (broad SMARTS) is 1. The summed E-state index contributed by atoms with van der Waals surface area (Å²) in [5.41, 5.74) is -1.02. The second-order valence-corrected chi connectivity index (χ2v) is 8.78. The summed E-state index contributed by atoms with van der Waals surface area (Å²) in [6, 6.07) is 6.54. The highest BCUT2D eigenvalue weighted by Crippen LogP contribution is 2.41. The van der Waals surface area contributed by atoms with Gasteiger partial charge in [-0.25, -0.2) is 0 Å². The molecule has 0 radical (unpaired) electrons. The standard InChI is InChI=1S/C21H16Cl3F3N2O3/c1-20(11-5-14(22)18(24)15(23)6-11)7-16(29-9-20)10-2-3-12(13(4-10)21(25,26)27)19(32)28-8-17(30)31/h2-6H,7-9H2,1H3,(H,28,32)(H,30,31). The Morgan fingerprint density at radius 3 is 2.34 bits per heavy atom. The fraction of sp³-hybridized carbons (Fsp3) is 0.286. The maximum Gasteiger partial charge on any atom is 0.417 e. The number of hydrogen-bond donors (Lipinski definition) is 2. The molecule has 3 rings (SSSR count). The van der Waals surface area contributed by atoms with Gasteiger partial charge < -0.3 is 10.4 Å². The number of aliphatic imine (C=N–C) groups is 1. The lowest BCUT2D eigenvalue weighted by molar-refractivity contribution is -0.138. The van der Waals surface area contributed by atoms with E-state index >= 15 is 0 Å². The Labute approximate surface area is 196 Å². The average Bonchev–Trinajstić information content (AvgIpc) is 3.12. The first-order valence-corrected chi connectivity index (χ1v) is 10.3. The number of halogens is 6. The molecule has 11 heteroatoms. The van der Waals surface area contributed by atoms with Gasteiger partial charge in [0.25, 0.3) is 5.91 Å². The van der Waals surface area contributed by atoms with Crippen molar-refractivity contribution in [1.82, 2.24) is 5.32 Å². The Morgan fingerprint density at radius 2 is 1.78 bits per heavy atom. The summed E-state index contributed by atoms with van der Waals surface area (Å²) in [7, 11) is 0. The Morgan fingerprint density at radius 1 is 1.16 bits per heavy atom. The van der Waals surface area contributed by atoms with Crippen LogP contribution in [-0.4, -0.2) is 35.8 Å². The van der Waals surface area contributed by atoms with Gasteiger partial charge in [-0.2, -0.15) is 13.2 Å². The van der Waals surface area contributed by atoms with Crippen LogP contribution in [-0.2, 0) is 16.4 Å². The molecule has 0 fully saturated rings. The van der Waals surface area contributed by atoms with E-state index in [1.807, 2.05) is 12.2 Å². The van der Waals surface area contributed by atoms with Crippen LogP contribution in [0.1, 0.15) is 40.4 Å². The maximum atomic E-state index is 13.6. The van der Waals surface area contributed by atoms with Crippen LogP contribution >= 0.6 is 34.8 Å². The third-order valence-corrected chi connectivity index (χ3v) is 6.36. The molecule has 1 unspecified atom stereocenters. The quantitative estimate of drug-likeness (QED) is 0.515. The van der Waals surface area contributed by atoms with E-state index in [0.29, 0.717) is 18.7 Å². The SMILES string of the molecule is CC1(c2cc(Cl)c(Cl)c(Cl)c2)CN=C(c2ccc(C(=O)NCC(=O)O)c(C(F)(F)F)c2)C1. The minimum Gasteiger partial charge on any atom is -0.480 e. The van der Waals surface area contributed by atoms with E-state index in [9.17, 15) is 22.8 Å². The van der Waals surface area contributed by atoms with Crippen molar-refractivity contribution < 1.29 is 27.9 Å². The number of amides is 1. The van der Waals surface area contributed by atoms with Crippen LogP contribution < -0.4 is 5.32 Å². The molecule has 1 atom stereocenters. The fourth-order valence-electron chi connectivity index (χ4n) is 3.45. The second-order valence-electron chi connectivity index (χ2n) is 7.59.